The monoisotopic (exact) mass is 397 g/mol. The van der Waals surface area contributed by atoms with Crippen molar-refractivity contribution in [1.29, 1.82) is 0 Å². The molecular formula is C19H21Cl2NO4. The van der Waals surface area contributed by atoms with Crippen LogP contribution in [0.1, 0.15) is 12.5 Å². The van der Waals surface area contributed by atoms with Gasteiger partial charge in [-0.05, 0) is 48.2 Å². The summed E-state index contributed by atoms with van der Waals surface area (Å²) < 4.78 is 4.68. The highest BCUT2D eigenvalue weighted by Gasteiger charge is 2.30. The largest absolute Gasteiger partial charge is 0.464 e. The number of halogens is 2. The van der Waals surface area contributed by atoms with Gasteiger partial charge in [0.05, 0.1) is 6.61 Å². The highest BCUT2D eigenvalue weighted by Crippen LogP contribution is 2.27. The van der Waals surface area contributed by atoms with Crippen LogP contribution in [0, 0.1) is 0 Å². The van der Waals surface area contributed by atoms with Gasteiger partial charge >= 0.3 is 5.97 Å². The minimum absolute atomic E-state index is 0.118. The Balaban J connectivity index is 2.05. The smallest absolute Gasteiger partial charge is 0.337 e. The molecule has 0 heterocycles. The molecule has 0 saturated carbocycles. The Morgan fingerprint density at radius 1 is 1.08 bits per heavy atom. The Bertz CT molecular complexity index is 731. The van der Waals surface area contributed by atoms with E-state index in [2.05, 4.69) is 4.74 Å². The van der Waals surface area contributed by atoms with E-state index in [-0.39, 0.29) is 13.0 Å². The molecule has 4 N–H and O–H groups in total. The van der Waals surface area contributed by atoms with Gasteiger partial charge in [-0.1, -0.05) is 47.5 Å². The standard InChI is InChI=1S/C19H21Cl2NO4/c1-2-26-19(25)18(24)17(23)16(22)7-11-3-5-12(6-4-11)13-8-14(20)10-15(21)9-13/h3-6,8-10,16-18,23-24H,2,7,22H2,1H3. The first-order valence-corrected chi connectivity index (χ1v) is 8.91. The average Bonchev–Trinajstić information content (AvgIpc) is 2.60. The van der Waals surface area contributed by atoms with Gasteiger partial charge in [-0.15, -0.1) is 0 Å². The molecule has 2 rings (SSSR count). The highest BCUT2D eigenvalue weighted by atomic mass is 35.5. The summed E-state index contributed by atoms with van der Waals surface area (Å²) in [7, 11) is 0. The molecule has 7 heteroatoms. The number of benzene rings is 2. The summed E-state index contributed by atoms with van der Waals surface area (Å²) >= 11 is 12.0. The van der Waals surface area contributed by atoms with Crippen LogP contribution in [0.5, 0.6) is 0 Å². The summed E-state index contributed by atoms with van der Waals surface area (Å²) in [6.07, 6.45) is -2.80. The number of esters is 1. The SMILES string of the molecule is CCOC(=O)C(O)C(O)C(N)Cc1ccc(-c2cc(Cl)cc(Cl)c2)cc1. The Labute approximate surface area is 162 Å². The van der Waals surface area contributed by atoms with Crippen LogP contribution in [0.25, 0.3) is 11.1 Å². The van der Waals surface area contributed by atoms with Gasteiger partial charge in [-0.2, -0.15) is 0 Å². The van der Waals surface area contributed by atoms with E-state index >= 15 is 0 Å². The predicted octanol–water partition coefficient (Wildman–Crippen LogP) is 2.82. The Kier molecular flexibility index (Phi) is 7.43. The zero-order valence-corrected chi connectivity index (χ0v) is 15.7. The fourth-order valence-corrected chi connectivity index (χ4v) is 3.07. The van der Waals surface area contributed by atoms with Crippen LogP contribution in [-0.2, 0) is 16.0 Å². The summed E-state index contributed by atoms with van der Waals surface area (Å²) in [6.45, 7) is 1.73. The summed E-state index contributed by atoms with van der Waals surface area (Å²) in [5.41, 5.74) is 8.59. The minimum Gasteiger partial charge on any atom is -0.464 e. The van der Waals surface area contributed by atoms with Crippen LogP contribution in [0.2, 0.25) is 10.0 Å². The van der Waals surface area contributed by atoms with E-state index in [0.717, 1.165) is 16.7 Å². The third-order valence-electron chi connectivity index (χ3n) is 3.91. The quantitative estimate of drug-likeness (QED) is 0.624. The van der Waals surface area contributed by atoms with Crippen LogP contribution in [0.3, 0.4) is 0 Å². The fourth-order valence-electron chi connectivity index (χ4n) is 2.55. The Morgan fingerprint density at radius 2 is 1.65 bits per heavy atom. The van der Waals surface area contributed by atoms with Crippen molar-refractivity contribution in [2.45, 2.75) is 31.6 Å². The van der Waals surface area contributed by atoms with Crippen molar-refractivity contribution in [1.82, 2.24) is 0 Å². The number of aliphatic hydroxyl groups excluding tert-OH is 2. The van der Waals surface area contributed by atoms with Crippen molar-refractivity contribution >= 4 is 29.2 Å². The molecule has 26 heavy (non-hydrogen) atoms. The van der Waals surface area contributed by atoms with Crippen molar-refractivity contribution in [3.63, 3.8) is 0 Å². The summed E-state index contributed by atoms with van der Waals surface area (Å²) in [5, 5.41) is 20.9. The molecule has 0 radical (unpaired) electrons. The number of hydrogen-bond donors (Lipinski definition) is 3. The van der Waals surface area contributed by atoms with Crippen LogP contribution in [0.4, 0.5) is 0 Å². The number of nitrogens with two attached hydrogens (primary N) is 1. The van der Waals surface area contributed by atoms with Crippen molar-refractivity contribution in [3.05, 3.63) is 58.1 Å². The third kappa shape index (κ3) is 5.43. The Hall–Kier alpha value is -1.63. The second-order valence-corrected chi connectivity index (χ2v) is 6.78. The molecule has 0 amide bonds. The molecule has 0 aliphatic heterocycles. The maximum absolute atomic E-state index is 11.5. The molecule has 2 aromatic rings. The molecule has 0 saturated heterocycles. The van der Waals surface area contributed by atoms with Gasteiger partial charge < -0.3 is 20.7 Å². The topological polar surface area (TPSA) is 92.8 Å². The molecule has 0 aliphatic rings. The number of carbonyl (C=O) groups excluding carboxylic acids is 1. The Morgan fingerprint density at radius 3 is 2.19 bits per heavy atom. The van der Waals surface area contributed by atoms with Gasteiger partial charge in [0, 0.05) is 16.1 Å². The normalized spacial score (nSPS) is 14.5. The number of ether oxygens (including phenoxy) is 1. The van der Waals surface area contributed by atoms with Crippen LogP contribution < -0.4 is 5.73 Å². The average molecular weight is 398 g/mol. The number of hydrogen-bond acceptors (Lipinski definition) is 5. The van der Waals surface area contributed by atoms with E-state index in [1.54, 1.807) is 13.0 Å². The summed E-state index contributed by atoms with van der Waals surface area (Å²) in [4.78, 5) is 11.5. The molecule has 0 aliphatic carbocycles. The number of rotatable bonds is 7. The zero-order valence-electron chi connectivity index (χ0n) is 14.2. The molecule has 0 spiro atoms. The van der Waals surface area contributed by atoms with E-state index in [1.807, 2.05) is 36.4 Å². The second kappa shape index (κ2) is 9.35. The second-order valence-electron chi connectivity index (χ2n) is 5.91. The van der Waals surface area contributed by atoms with Crippen molar-refractivity contribution in [2.24, 2.45) is 5.73 Å². The minimum atomic E-state index is -1.67. The molecule has 3 unspecified atom stereocenters. The van der Waals surface area contributed by atoms with Gasteiger partial charge in [-0.3, -0.25) is 0 Å². The maximum Gasteiger partial charge on any atom is 0.337 e. The van der Waals surface area contributed by atoms with Gasteiger partial charge in [0.1, 0.15) is 6.10 Å². The van der Waals surface area contributed by atoms with Gasteiger partial charge in [0.15, 0.2) is 6.10 Å². The molecule has 3 atom stereocenters. The van der Waals surface area contributed by atoms with Crippen molar-refractivity contribution in [2.75, 3.05) is 6.61 Å². The van der Waals surface area contributed by atoms with Crippen molar-refractivity contribution in [3.8, 4) is 11.1 Å². The lowest BCUT2D eigenvalue weighted by molar-refractivity contribution is -0.159. The van der Waals surface area contributed by atoms with E-state index in [0.29, 0.717) is 10.0 Å². The first-order valence-electron chi connectivity index (χ1n) is 8.15. The molecule has 0 fully saturated rings. The van der Waals surface area contributed by atoms with Gasteiger partial charge in [-0.25, -0.2) is 4.79 Å². The van der Waals surface area contributed by atoms with Crippen molar-refractivity contribution < 1.29 is 19.7 Å². The number of aliphatic hydroxyl groups is 2. The molecule has 2 aromatic carbocycles. The fraction of sp³-hybridized carbons (Fsp3) is 0.316. The van der Waals surface area contributed by atoms with Crippen LogP contribution in [0.15, 0.2) is 42.5 Å². The highest BCUT2D eigenvalue weighted by molar-refractivity contribution is 6.35. The summed E-state index contributed by atoms with van der Waals surface area (Å²) in [5.74, 6) is -0.886. The zero-order chi connectivity index (χ0) is 19.3. The van der Waals surface area contributed by atoms with E-state index < -0.39 is 24.2 Å². The van der Waals surface area contributed by atoms with Crippen LogP contribution >= 0.6 is 23.2 Å². The van der Waals surface area contributed by atoms with E-state index in [4.69, 9.17) is 28.9 Å². The lowest BCUT2D eigenvalue weighted by Gasteiger charge is -2.22. The van der Waals surface area contributed by atoms with Gasteiger partial charge in [0.2, 0.25) is 0 Å². The molecule has 5 nitrogen and oxygen atoms in total. The van der Waals surface area contributed by atoms with E-state index in [1.165, 1.54) is 0 Å². The lowest BCUT2D eigenvalue weighted by atomic mass is 9.96. The first-order chi connectivity index (χ1) is 12.3. The van der Waals surface area contributed by atoms with Crippen LogP contribution in [-0.4, -0.2) is 41.0 Å². The predicted molar refractivity (Wildman–Crippen MR) is 102 cm³/mol. The third-order valence-corrected chi connectivity index (χ3v) is 4.35. The summed E-state index contributed by atoms with van der Waals surface area (Å²) in [6, 6.07) is 12.0. The molecule has 0 bridgehead atoms. The first kappa shape index (κ1) is 20.7. The molecular weight excluding hydrogens is 377 g/mol. The molecule has 140 valence electrons. The van der Waals surface area contributed by atoms with Gasteiger partial charge in [0.25, 0.3) is 0 Å². The lowest BCUT2D eigenvalue weighted by Crippen LogP contribution is -2.48. The maximum atomic E-state index is 11.5. The number of carbonyl (C=O) groups is 1. The van der Waals surface area contributed by atoms with E-state index in [9.17, 15) is 15.0 Å². The molecule has 0 aromatic heterocycles.